The zero-order chi connectivity index (χ0) is 23.6. The van der Waals surface area contributed by atoms with Crippen molar-refractivity contribution in [3.8, 4) is 0 Å². The molecule has 6 heteroatoms. The van der Waals surface area contributed by atoms with Crippen molar-refractivity contribution in [1.82, 2.24) is 10.3 Å². The number of amides is 2. The van der Waals surface area contributed by atoms with Crippen molar-refractivity contribution in [1.29, 1.82) is 0 Å². The first-order chi connectivity index (χ1) is 16.7. The maximum Gasteiger partial charge on any atom is 0.251 e. The maximum absolute atomic E-state index is 13.1. The molecule has 4 aromatic rings. The molecule has 0 radical (unpaired) electrons. The number of nitrogens with one attached hydrogen (secondary N) is 2. The smallest absolute Gasteiger partial charge is 0.251 e. The van der Waals surface area contributed by atoms with E-state index in [4.69, 9.17) is 0 Å². The van der Waals surface area contributed by atoms with E-state index in [1.54, 1.807) is 42.2 Å². The minimum absolute atomic E-state index is 0.260. The number of thioether (sulfide) groups is 1. The van der Waals surface area contributed by atoms with Gasteiger partial charge in [0.15, 0.2) is 0 Å². The third kappa shape index (κ3) is 6.80. The van der Waals surface area contributed by atoms with Gasteiger partial charge in [-0.1, -0.05) is 54.6 Å². The number of pyridine rings is 1. The van der Waals surface area contributed by atoms with Crippen molar-refractivity contribution in [2.75, 3.05) is 5.32 Å². The molecule has 0 saturated carbocycles. The zero-order valence-corrected chi connectivity index (χ0v) is 19.4. The summed E-state index contributed by atoms with van der Waals surface area (Å²) in [7, 11) is 0. The Morgan fingerprint density at radius 2 is 1.47 bits per heavy atom. The van der Waals surface area contributed by atoms with Crippen molar-refractivity contribution < 1.29 is 9.59 Å². The average Bonchev–Trinajstić information content (AvgIpc) is 2.89. The lowest BCUT2D eigenvalue weighted by atomic mass is 10.0. The highest BCUT2D eigenvalue weighted by Crippen LogP contribution is 2.24. The van der Waals surface area contributed by atoms with E-state index < -0.39 is 6.04 Å². The molecule has 1 heterocycles. The normalized spacial score (nSPS) is 11.4. The molecule has 0 aliphatic rings. The number of hydrogen-bond donors (Lipinski definition) is 2. The van der Waals surface area contributed by atoms with E-state index in [2.05, 4.69) is 15.6 Å². The molecule has 0 spiro atoms. The molecule has 1 unspecified atom stereocenters. The molecule has 34 heavy (non-hydrogen) atoms. The molecular weight excluding hydrogens is 442 g/mol. The van der Waals surface area contributed by atoms with E-state index in [1.165, 1.54) is 0 Å². The molecule has 0 aliphatic carbocycles. The lowest BCUT2D eigenvalue weighted by Crippen LogP contribution is -2.45. The Hall–Kier alpha value is -3.90. The van der Waals surface area contributed by atoms with E-state index >= 15 is 0 Å². The summed E-state index contributed by atoms with van der Waals surface area (Å²) in [5, 5.41) is 5.84. The number of nitrogens with zero attached hydrogens (tertiary/aromatic N) is 1. The molecule has 2 amide bonds. The van der Waals surface area contributed by atoms with Crippen molar-refractivity contribution in [2.24, 2.45) is 0 Å². The maximum atomic E-state index is 13.1. The van der Waals surface area contributed by atoms with Crippen LogP contribution in [0.1, 0.15) is 21.5 Å². The Labute approximate surface area is 203 Å². The van der Waals surface area contributed by atoms with Gasteiger partial charge < -0.3 is 10.6 Å². The predicted octanol–water partition coefficient (Wildman–Crippen LogP) is 5.35. The van der Waals surface area contributed by atoms with Gasteiger partial charge in [-0.15, -0.1) is 11.8 Å². The van der Waals surface area contributed by atoms with Crippen LogP contribution in [0.5, 0.6) is 0 Å². The van der Waals surface area contributed by atoms with E-state index in [0.29, 0.717) is 17.7 Å². The number of anilines is 1. The quantitative estimate of drug-likeness (QED) is 0.325. The summed E-state index contributed by atoms with van der Waals surface area (Å²) in [5.74, 6) is 0.284. The molecule has 1 aromatic heterocycles. The van der Waals surface area contributed by atoms with Crippen molar-refractivity contribution in [3.63, 3.8) is 0 Å². The van der Waals surface area contributed by atoms with Gasteiger partial charge in [0.1, 0.15) is 6.04 Å². The van der Waals surface area contributed by atoms with Crippen LogP contribution >= 0.6 is 11.8 Å². The molecule has 0 fully saturated rings. The van der Waals surface area contributed by atoms with Crippen LogP contribution in [0.15, 0.2) is 114 Å². The molecule has 0 bridgehead atoms. The number of rotatable bonds is 9. The molecule has 1 atom stereocenters. The highest BCUT2D eigenvalue weighted by molar-refractivity contribution is 7.98. The fourth-order valence-electron chi connectivity index (χ4n) is 3.40. The number of benzene rings is 3. The minimum atomic E-state index is -0.713. The van der Waals surface area contributed by atoms with E-state index in [1.807, 2.05) is 79.0 Å². The first kappa shape index (κ1) is 23.3. The summed E-state index contributed by atoms with van der Waals surface area (Å²) in [4.78, 5) is 31.1. The van der Waals surface area contributed by atoms with Crippen LogP contribution in [0.25, 0.3) is 0 Å². The standard InChI is InChI=1S/C28H25N3O2S/c32-27(23-11-5-2-6-12-23)31-26(18-21-8-3-1-4-9-21)28(33)30-24-13-15-25(16-14-24)34-20-22-10-7-17-29-19-22/h1-17,19,26H,18,20H2,(H,30,33)(H,31,32). The van der Waals surface area contributed by atoms with Crippen LogP contribution in [0.4, 0.5) is 5.69 Å². The molecule has 4 rings (SSSR count). The van der Waals surface area contributed by atoms with Gasteiger partial charge in [0.2, 0.25) is 5.91 Å². The molecule has 5 nitrogen and oxygen atoms in total. The number of carbonyl (C=O) groups excluding carboxylic acids is 2. The largest absolute Gasteiger partial charge is 0.340 e. The zero-order valence-electron chi connectivity index (χ0n) is 18.6. The van der Waals surface area contributed by atoms with Gasteiger partial charge in [-0.3, -0.25) is 14.6 Å². The van der Waals surface area contributed by atoms with Gasteiger partial charge >= 0.3 is 0 Å². The van der Waals surface area contributed by atoms with Gasteiger partial charge in [0, 0.05) is 40.7 Å². The first-order valence-corrected chi connectivity index (χ1v) is 12.0. The van der Waals surface area contributed by atoms with Crippen LogP contribution < -0.4 is 10.6 Å². The third-order valence-corrected chi connectivity index (χ3v) is 6.27. The number of carbonyl (C=O) groups is 2. The Morgan fingerprint density at radius 3 is 2.15 bits per heavy atom. The van der Waals surface area contributed by atoms with Crippen LogP contribution in [-0.2, 0) is 17.0 Å². The molecule has 3 aromatic carbocycles. The molecule has 0 aliphatic heterocycles. The molecular formula is C28H25N3O2S. The second-order valence-corrected chi connectivity index (χ2v) is 8.79. The SMILES string of the molecule is O=C(NC(Cc1ccccc1)C(=O)Nc1ccc(SCc2cccnc2)cc1)c1ccccc1. The van der Waals surface area contributed by atoms with Gasteiger partial charge in [0.25, 0.3) is 5.91 Å². The lowest BCUT2D eigenvalue weighted by Gasteiger charge is -2.19. The fraction of sp³-hybridized carbons (Fsp3) is 0.107. The third-order valence-electron chi connectivity index (χ3n) is 5.19. The predicted molar refractivity (Wildman–Crippen MR) is 137 cm³/mol. The van der Waals surface area contributed by atoms with E-state index in [0.717, 1.165) is 21.8 Å². The van der Waals surface area contributed by atoms with Crippen LogP contribution in [0, 0.1) is 0 Å². The van der Waals surface area contributed by atoms with Crippen molar-refractivity contribution >= 4 is 29.3 Å². The minimum Gasteiger partial charge on any atom is -0.340 e. The molecule has 0 saturated heterocycles. The van der Waals surface area contributed by atoms with Crippen molar-refractivity contribution in [3.05, 3.63) is 126 Å². The monoisotopic (exact) mass is 467 g/mol. The fourth-order valence-corrected chi connectivity index (χ4v) is 4.24. The first-order valence-electron chi connectivity index (χ1n) is 11.0. The Bertz CT molecular complexity index is 1200. The molecule has 2 N–H and O–H groups in total. The highest BCUT2D eigenvalue weighted by Gasteiger charge is 2.22. The summed E-state index contributed by atoms with van der Waals surface area (Å²) in [5.41, 5.74) is 3.33. The van der Waals surface area contributed by atoms with Crippen LogP contribution in [0.2, 0.25) is 0 Å². The number of aromatic nitrogens is 1. The van der Waals surface area contributed by atoms with Crippen molar-refractivity contribution in [2.45, 2.75) is 23.1 Å². The van der Waals surface area contributed by atoms with Gasteiger partial charge in [-0.25, -0.2) is 0 Å². The van der Waals surface area contributed by atoms with Gasteiger partial charge in [0.05, 0.1) is 0 Å². The van der Waals surface area contributed by atoms with E-state index in [9.17, 15) is 9.59 Å². The molecule has 170 valence electrons. The van der Waals surface area contributed by atoms with Gasteiger partial charge in [-0.05, 0) is 53.6 Å². The summed E-state index contributed by atoms with van der Waals surface area (Å²) in [6.07, 6.45) is 4.02. The summed E-state index contributed by atoms with van der Waals surface area (Å²) < 4.78 is 0. The summed E-state index contributed by atoms with van der Waals surface area (Å²) >= 11 is 1.71. The average molecular weight is 468 g/mol. The lowest BCUT2D eigenvalue weighted by molar-refractivity contribution is -0.118. The highest BCUT2D eigenvalue weighted by atomic mass is 32.2. The topological polar surface area (TPSA) is 71.1 Å². The second-order valence-electron chi connectivity index (χ2n) is 7.75. The Morgan fingerprint density at radius 1 is 0.794 bits per heavy atom. The van der Waals surface area contributed by atoms with E-state index in [-0.39, 0.29) is 11.8 Å². The summed E-state index contributed by atoms with van der Waals surface area (Å²) in [6.45, 7) is 0. The van der Waals surface area contributed by atoms with Crippen LogP contribution in [-0.4, -0.2) is 22.8 Å². The van der Waals surface area contributed by atoms with Gasteiger partial charge in [-0.2, -0.15) is 0 Å². The van der Waals surface area contributed by atoms with Crippen LogP contribution in [0.3, 0.4) is 0 Å². The summed E-state index contributed by atoms with van der Waals surface area (Å²) in [6, 6.07) is 29.5. The second kappa shape index (κ2) is 11.8. The number of hydrogen-bond acceptors (Lipinski definition) is 4. The Balaban J connectivity index is 1.41. The Kier molecular flexibility index (Phi) is 8.08.